The Morgan fingerprint density at radius 2 is 1.93 bits per heavy atom. The predicted molar refractivity (Wildman–Crippen MR) is 62.3 cm³/mol. The first-order valence-corrected chi connectivity index (χ1v) is 5.84. The summed E-state index contributed by atoms with van der Waals surface area (Å²) in [5.74, 6) is 1.23. The van der Waals surface area contributed by atoms with E-state index in [-0.39, 0.29) is 11.7 Å². The van der Waals surface area contributed by atoms with E-state index in [0.29, 0.717) is 10.9 Å². The molecule has 1 saturated carbocycles. The van der Waals surface area contributed by atoms with E-state index in [1.807, 2.05) is 12.1 Å². The van der Waals surface area contributed by atoms with Crippen molar-refractivity contribution in [2.75, 3.05) is 0 Å². The average Bonchev–Trinajstić information content (AvgIpc) is 2.65. The van der Waals surface area contributed by atoms with Gasteiger partial charge in [0.15, 0.2) is 5.78 Å². The molecule has 0 saturated heterocycles. The highest BCUT2D eigenvalue weighted by Gasteiger charge is 2.27. The zero-order valence-corrected chi connectivity index (χ0v) is 9.63. The fraction of sp³-hybridized carbons (Fsp3) is 0.462. The first-order chi connectivity index (χ1) is 7.16. The van der Waals surface area contributed by atoms with Gasteiger partial charge in [0.05, 0.1) is 0 Å². The summed E-state index contributed by atoms with van der Waals surface area (Å²) in [5.41, 5.74) is 0.804. The third-order valence-electron chi connectivity index (χ3n) is 3.19. The van der Waals surface area contributed by atoms with Crippen molar-refractivity contribution < 1.29 is 4.79 Å². The second-order valence-corrected chi connectivity index (χ2v) is 4.92. The summed E-state index contributed by atoms with van der Waals surface area (Å²) in [7, 11) is 0. The maximum absolute atomic E-state index is 12.1. The largest absolute Gasteiger partial charge is 0.294 e. The molecule has 0 aromatic heterocycles. The number of ketones is 1. The van der Waals surface area contributed by atoms with Crippen LogP contribution in [0.15, 0.2) is 24.3 Å². The average molecular weight is 223 g/mol. The number of carbonyl (C=O) groups excluding carboxylic acids is 1. The molecule has 2 unspecified atom stereocenters. The summed E-state index contributed by atoms with van der Waals surface area (Å²) in [5, 5.41) is 0.686. The molecule has 0 amide bonds. The Morgan fingerprint density at radius 3 is 2.47 bits per heavy atom. The van der Waals surface area contributed by atoms with Crippen LogP contribution >= 0.6 is 11.6 Å². The third kappa shape index (κ3) is 2.40. The smallest absolute Gasteiger partial charge is 0.165 e. The van der Waals surface area contributed by atoms with Gasteiger partial charge < -0.3 is 0 Å². The van der Waals surface area contributed by atoms with E-state index >= 15 is 0 Å². The highest BCUT2D eigenvalue weighted by molar-refractivity contribution is 6.30. The van der Waals surface area contributed by atoms with Gasteiger partial charge in [0, 0.05) is 16.5 Å². The molecule has 1 fully saturated rings. The van der Waals surface area contributed by atoms with E-state index in [1.165, 1.54) is 6.42 Å². The van der Waals surface area contributed by atoms with Crippen molar-refractivity contribution in [3.63, 3.8) is 0 Å². The van der Waals surface area contributed by atoms with Crippen LogP contribution in [0.1, 0.15) is 36.5 Å². The lowest BCUT2D eigenvalue weighted by atomic mass is 9.95. The van der Waals surface area contributed by atoms with Crippen LogP contribution in [-0.2, 0) is 0 Å². The Hall–Kier alpha value is -0.820. The number of benzene rings is 1. The van der Waals surface area contributed by atoms with E-state index in [1.54, 1.807) is 12.1 Å². The molecule has 2 heteroatoms. The zero-order chi connectivity index (χ0) is 10.8. The van der Waals surface area contributed by atoms with Gasteiger partial charge >= 0.3 is 0 Å². The highest BCUT2D eigenvalue weighted by Crippen LogP contribution is 2.32. The van der Waals surface area contributed by atoms with Gasteiger partial charge in [-0.05, 0) is 49.4 Å². The molecule has 0 heterocycles. The molecule has 1 aliphatic carbocycles. The van der Waals surface area contributed by atoms with Gasteiger partial charge in [0.2, 0.25) is 0 Å². The molecular weight excluding hydrogens is 208 g/mol. The van der Waals surface area contributed by atoms with Crippen LogP contribution < -0.4 is 0 Å². The number of halogens is 1. The van der Waals surface area contributed by atoms with Crippen LogP contribution in [0, 0.1) is 11.8 Å². The van der Waals surface area contributed by atoms with Gasteiger partial charge in [0.1, 0.15) is 0 Å². The standard InChI is InChI=1S/C13H15ClO/c1-9-2-3-11(8-9)13(15)10-4-6-12(14)7-5-10/h4-7,9,11H,2-3,8H2,1H3. The molecule has 0 aliphatic heterocycles. The van der Waals surface area contributed by atoms with E-state index in [2.05, 4.69) is 6.92 Å². The molecule has 1 nitrogen and oxygen atoms in total. The SMILES string of the molecule is CC1CCC(C(=O)c2ccc(Cl)cc2)C1. The lowest BCUT2D eigenvalue weighted by Gasteiger charge is -2.08. The minimum absolute atomic E-state index is 0.237. The van der Waals surface area contributed by atoms with Crippen molar-refractivity contribution in [2.45, 2.75) is 26.2 Å². The molecule has 15 heavy (non-hydrogen) atoms. The van der Waals surface area contributed by atoms with Gasteiger partial charge in [-0.1, -0.05) is 18.5 Å². The second-order valence-electron chi connectivity index (χ2n) is 4.49. The molecule has 1 aromatic rings. The first-order valence-electron chi connectivity index (χ1n) is 5.46. The topological polar surface area (TPSA) is 17.1 Å². The zero-order valence-electron chi connectivity index (χ0n) is 8.87. The Labute approximate surface area is 95.4 Å². The minimum Gasteiger partial charge on any atom is -0.294 e. The Morgan fingerprint density at radius 1 is 1.27 bits per heavy atom. The van der Waals surface area contributed by atoms with Crippen LogP contribution in [0.25, 0.3) is 0 Å². The van der Waals surface area contributed by atoms with Crippen LogP contribution in [0.4, 0.5) is 0 Å². The Balaban J connectivity index is 2.11. The lowest BCUT2D eigenvalue weighted by molar-refractivity contribution is 0.0920. The third-order valence-corrected chi connectivity index (χ3v) is 3.45. The molecule has 2 rings (SSSR count). The van der Waals surface area contributed by atoms with Crippen molar-refractivity contribution in [3.05, 3.63) is 34.9 Å². The highest BCUT2D eigenvalue weighted by atomic mass is 35.5. The quantitative estimate of drug-likeness (QED) is 0.693. The molecule has 0 spiro atoms. The first kappa shape index (κ1) is 10.7. The fourth-order valence-electron chi connectivity index (χ4n) is 2.30. The molecule has 1 aliphatic rings. The van der Waals surface area contributed by atoms with E-state index in [4.69, 9.17) is 11.6 Å². The molecular formula is C13H15ClO. The van der Waals surface area contributed by atoms with Crippen molar-refractivity contribution in [2.24, 2.45) is 11.8 Å². The Kier molecular flexibility index (Phi) is 3.11. The summed E-state index contributed by atoms with van der Waals surface area (Å²) in [6, 6.07) is 7.22. The molecule has 2 atom stereocenters. The number of rotatable bonds is 2. The Bertz CT molecular complexity index is 355. The summed E-state index contributed by atoms with van der Waals surface area (Å²) in [6.45, 7) is 2.22. The van der Waals surface area contributed by atoms with Crippen molar-refractivity contribution >= 4 is 17.4 Å². The fourth-order valence-corrected chi connectivity index (χ4v) is 2.42. The monoisotopic (exact) mass is 222 g/mol. The normalized spacial score (nSPS) is 25.5. The maximum atomic E-state index is 12.1. The van der Waals surface area contributed by atoms with Gasteiger partial charge in [-0.2, -0.15) is 0 Å². The molecule has 80 valence electrons. The summed E-state index contributed by atoms with van der Waals surface area (Å²) in [4.78, 5) is 12.1. The summed E-state index contributed by atoms with van der Waals surface area (Å²) < 4.78 is 0. The summed E-state index contributed by atoms with van der Waals surface area (Å²) >= 11 is 5.79. The van der Waals surface area contributed by atoms with Crippen LogP contribution in [-0.4, -0.2) is 5.78 Å². The van der Waals surface area contributed by atoms with Gasteiger partial charge in [-0.15, -0.1) is 0 Å². The van der Waals surface area contributed by atoms with E-state index in [0.717, 1.165) is 18.4 Å². The van der Waals surface area contributed by atoms with Crippen LogP contribution in [0.3, 0.4) is 0 Å². The van der Waals surface area contributed by atoms with E-state index in [9.17, 15) is 4.79 Å². The molecule has 1 aromatic carbocycles. The van der Waals surface area contributed by atoms with Gasteiger partial charge in [0.25, 0.3) is 0 Å². The van der Waals surface area contributed by atoms with Crippen molar-refractivity contribution in [1.29, 1.82) is 0 Å². The van der Waals surface area contributed by atoms with Crippen molar-refractivity contribution in [3.8, 4) is 0 Å². The van der Waals surface area contributed by atoms with Crippen molar-refractivity contribution in [1.82, 2.24) is 0 Å². The van der Waals surface area contributed by atoms with Gasteiger partial charge in [-0.25, -0.2) is 0 Å². The van der Waals surface area contributed by atoms with E-state index < -0.39 is 0 Å². The molecule has 0 bridgehead atoms. The minimum atomic E-state index is 0.237. The number of Topliss-reactive ketones (excluding diaryl/α,β-unsaturated/α-hetero) is 1. The number of carbonyl (C=O) groups is 1. The second kappa shape index (κ2) is 4.36. The number of hydrogen-bond donors (Lipinski definition) is 0. The lowest BCUT2D eigenvalue weighted by Crippen LogP contribution is -2.11. The number of hydrogen-bond acceptors (Lipinski definition) is 1. The van der Waals surface area contributed by atoms with Gasteiger partial charge in [-0.3, -0.25) is 4.79 Å². The predicted octanol–water partition coefficient (Wildman–Crippen LogP) is 3.96. The molecule has 0 radical (unpaired) electrons. The maximum Gasteiger partial charge on any atom is 0.165 e. The van der Waals surface area contributed by atoms with Crippen LogP contribution in [0.5, 0.6) is 0 Å². The molecule has 0 N–H and O–H groups in total. The van der Waals surface area contributed by atoms with Crippen LogP contribution in [0.2, 0.25) is 5.02 Å². The summed E-state index contributed by atoms with van der Waals surface area (Å²) in [6.07, 6.45) is 3.27.